The topological polar surface area (TPSA) is 85.1 Å². The fraction of sp³-hybridized carbons (Fsp3) is 0.316. The van der Waals surface area contributed by atoms with Gasteiger partial charge < -0.3 is 15.0 Å². The number of aromatic carboxylic acids is 1. The lowest BCUT2D eigenvalue weighted by Gasteiger charge is -2.35. The normalized spacial score (nSPS) is 19.2. The van der Waals surface area contributed by atoms with Gasteiger partial charge >= 0.3 is 0 Å². The van der Waals surface area contributed by atoms with Crippen LogP contribution >= 0.6 is 0 Å². The number of rotatable bonds is 3. The summed E-state index contributed by atoms with van der Waals surface area (Å²) < 4.78 is 0. The first-order chi connectivity index (χ1) is 11.4. The molecule has 0 aromatic heterocycles. The summed E-state index contributed by atoms with van der Waals surface area (Å²) in [6.07, 6.45) is 1.23. The minimum absolute atomic E-state index is 0.0466. The van der Waals surface area contributed by atoms with Crippen LogP contribution in [0.4, 0.5) is 11.4 Å². The molecule has 0 amide bonds. The van der Waals surface area contributed by atoms with Crippen molar-refractivity contribution >= 4 is 17.3 Å². The van der Waals surface area contributed by atoms with E-state index in [1.807, 2.05) is 18.2 Å². The number of hydrogen-bond acceptors (Lipinski definition) is 5. The number of benzene rings is 2. The molecule has 0 heterocycles. The molecule has 0 spiro atoms. The average Bonchev–Trinajstić information content (AvgIpc) is 2.57. The van der Waals surface area contributed by atoms with E-state index in [2.05, 4.69) is 24.1 Å². The number of aliphatic hydroxyl groups excluding tert-OH is 1. The summed E-state index contributed by atoms with van der Waals surface area (Å²) in [5.41, 5.74) is 3.43. The number of carbonyl (C=O) groups is 1. The van der Waals surface area contributed by atoms with Crippen LogP contribution in [0.5, 0.6) is 0 Å². The fourth-order valence-electron chi connectivity index (χ4n) is 3.07. The highest BCUT2D eigenvalue weighted by atomic mass is 16.4. The van der Waals surface area contributed by atoms with Crippen LogP contribution < -0.4 is 5.11 Å². The molecule has 2 aromatic rings. The lowest BCUT2D eigenvalue weighted by molar-refractivity contribution is -0.255. The molecule has 24 heavy (non-hydrogen) atoms. The first-order valence-corrected chi connectivity index (χ1v) is 7.92. The van der Waals surface area contributed by atoms with Gasteiger partial charge in [-0.3, -0.25) is 0 Å². The molecule has 2 aromatic carbocycles. The molecule has 124 valence electrons. The highest BCUT2D eigenvalue weighted by molar-refractivity contribution is 5.86. The number of fused-ring (bicyclic) bond motifs is 1. The van der Waals surface area contributed by atoms with Crippen LogP contribution in [0, 0.1) is 0 Å². The quantitative estimate of drug-likeness (QED) is 0.876. The van der Waals surface area contributed by atoms with Crippen molar-refractivity contribution in [3.05, 3.63) is 59.2 Å². The Morgan fingerprint density at radius 3 is 2.42 bits per heavy atom. The summed E-state index contributed by atoms with van der Waals surface area (Å²) in [7, 11) is 0. The van der Waals surface area contributed by atoms with E-state index in [-0.39, 0.29) is 11.0 Å². The van der Waals surface area contributed by atoms with E-state index in [0.29, 0.717) is 11.4 Å². The molecule has 3 rings (SSSR count). The molecular formula is C19H19N2O3-. The number of carbonyl (C=O) groups excluding carboxylic acids is 1. The maximum atomic E-state index is 10.7. The molecule has 0 saturated heterocycles. The predicted molar refractivity (Wildman–Crippen MR) is 88.6 cm³/mol. The maximum absolute atomic E-state index is 10.7. The highest BCUT2D eigenvalue weighted by Crippen LogP contribution is 2.42. The van der Waals surface area contributed by atoms with E-state index >= 15 is 0 Å². The maximum Gasteiger partial charge on any atom is 0.0861 e. The Balaban J connectivity index is 1.86. The van der Waals surface area contributed by atoms with Crippen LogP contribution in [0.25, 0.3) is 0 Å². The van der Waals surface area contributed by atoms with Gasteiger partial charge in [-0.05, 0) is 59.2 Å². The molecule has 1 aliphatic carbocycles. The Labute approximate surface area is 140 Å². The van der Waals surface area contributed by atoms with Crippen molar-refractivity contribution in [1.82, 2.24) is 0 Å². The Bertz CT molecular complexity index is 795. The Kier molecular flexibility index (Phi) is 4.20. The van der Waals surface area contributed by atoms with Crippen LogP contribution in [0.3, 0.4) is 0 Å². The zero-order valence-corrected chi connectivity index (χ0v) is 13.7. The van der Waals surface area contributed by atoms with Gasteiger partial charge in [-0.2, -0.15) is 10.2 Å². The smallest absolute Gasteiger partial charge is 0.0861 e. The fourth-order valence-corrected chi connectivity index (χ4v) is 3.07. The molecule has 1 aliphatic rings. The van der Waals surface area contributed by atoms with Gasteiger partial charge in [-0.15, -0.1) is 0 Å². The molecule has 0 bridgehead atoms. The Hall–Kier alpha value is -2.53. The van der Waals surface area contributed by atoms with Crippen molar-refractivity contribution in [2.45, 2.75) is 38.2 Å². The third-order valence-corrected chi connectivity index (χ3v) is 4.55. The van der Waals surface area contributed by atoms with Gasteiger partial charge in [-0.25, -0.2) is 0 Å². The van der Waals surface area contributed by atoms with Crippen molar-refractivity contribution in [2.24, 2.45) is 10.2 Å². The summed E-state index contributed by atoms with van der Waals surface area (Å²) in [6, 6.07) is 11.8. The third kappa shape index (κ3) is 3.21. The standard InChI is InChI=1S/C19H20N2O3/c1-19(2)10-9-17(22)15-11-14(7-8-16(15)19)21-20-13-5-3-12(4-6-13)18(23)24/h3-8,11,17,22H,9-10H2,1-2H3,(H,23,24)/p-1. The van der Waals surface area contributed by atoms with Crippen molar-refractivity contribution < 1.29 is 15.0 Å². The molecule has 1 unspecified atom stereocenters. The van der Waals surface area contributed by atoms with Crippen molar-refractivity contribution in [3.8, 4) is 0 Å². The predicted octanol–water partition coefficient (Wildman–Crippen LogP) is 3.57. The number of hydrogen-bond donors (Lipinski definition) is 1. The van der Waals surface area contributed by atoms with E-state index in [9.17, 15) is 15.0 Å². The van der Waals surface area contributed by atoms with Crippen molar-refractivity contribution in [2.75, 3.05) is 0 Å². The summed E-state index contributed by atoms with van der Waals surface area (Å²) in [6.45, 7) is 4.36. The van der Waals surface area contributed by atoms with Gasteiger partial charge in [0.2, 0.25) is 0 Å². The molecule has 1 N–H and O–H groups in total. The van der Waals surface area contributed by atoms with Crippen molar-refractivity contribution in [1.29, 1.82) is 0 Å². The lowest BCUT2D eigenvalue weighted by Crippen LogP contribution is -2.26. The van der Waals surface area contributed by atoms with Crippen LogP contribution in [-0.2, 0) is 5.41 Å². The molecule has 0 aliphatic heterocycles. The number of aliphatic hydroxyl groups is 1. The number of carboxylic acids is 1. The van der Waals surface area contributed by atoms with Crippen LogP contribution in [0.15, 0.2) is 52.7 Å². The first-order valence-electron chi connectivity index (χ1n) is 7.92. The van der Waals surface area contributed by atoms with E-state index in [1.165, 1.54) is 12.1 Å². The Morgan fingerprint density at radius 2 is 1.75 bits per heavy atom. The van der Waals surface area contributed by atoms with Gasteiger partial charge in [0.05, 0.1) is 23.4 Å². The van der Waals surface area contributed by atoms with Gasteiger partial charge in [0.15, 0.2) is 0 Å². The molecule has 0 radical (unpaired) electrons. The van der Waals surface area contributed by atoms with E-state index < -0.39 is 12.1 Å². The molecular weight excluding hydrogens is 304 g/mol. The summed E-state index contributed by atoms with van der Waals surface area (Å²) in [5.74, 6) is -1.22. The number of carboxylic acid groups (broad SMARTS) is 1. The van der Waals surface area contributed by atoms with Crippen LogP contribution in [-0.4, -0.2) is 11.1 Å². The highest BCUT2D eigenvalue weighted by Gasteiger charge is 2.31. The molecule has 0 saturated carbocycles. The van der Waals surface area contributed by atoms with Crippen LogP contribution in [0.2, 0.25) is 0 Å². The Morgan fingerprint density at radius 1 is 1.12 bits per heavy atom. The molecule has 0 fully saturated rings. The SMILES string of the molecule is CC1(C)CCC(O)c2cc(N=Nc3ccc(C(=O)[O-])cc3)ccc21. The summed E-state index contributed by atoms with van der Waals surface area (Å²) in [4.78, 5) is 10.7. The average molecular weight is 323 g/mol. The molecule has 5 heteroatoms. The number of azo groups is 1. The first kappa shape index (κ1) is 16.3. The minimum Gasteiger partial charge on any atom is -0.545 e. The van der Waals surface area contributed by atoms with Crippen molar-refractivity contribution in [3.63, 3.8) is 0 Å². The van der Waals surface area contributed by atoms with Gasteiger partial charge in [0, 0.05) is 0 Å². The second-order valence-electron chi connectivity index (χ2n) is 6.74. The number of nitrogens with zero attached hydrogens (tertiary/aromatic N) is 2. The van der Waals surface area contributed by atoms with Crippen LogP contribution in [0.1, 0.15) is 54.3 Å². The second kappa shape index (κ2) is 6.17. The summed E-state index contributed by atoms with van der Waals surface area (Å²) >= 11 is 0. The lowest BCUT2D eigenvalue weighted by atomic mass is 9.72. The molecule has 1 atom stereocenters. The zero-order chi connectivity index (χ0) is 17.3. The summed E-state index contributed by atoms with van der Waals surface area (Å²) in [5, 5.41) is 29.3. The van der Waals surface area contributed by atoms with Gasteiger partial charge in [-0.1, -0.05) is 32.0 Å². The van der Waals surface area contributed by atoms with E-state index in [4.69, 9.17) is 0 Å². The zero-order valence-electron chi connectivity index (χ0n) is 13.7. The van der Waals surface area contributed by atoms with E-state index in [0.717, 1.165) is 24.0 Å². The minimum atomic E-state index is -1.22. The largest absolute Gasteiger partial charge is 0.545 e. The second-order valence-corrected chi connectivity index (χ2v) is 6.74. The van der Waals surface area contributed by atoms with E-state index in [1.54, 1.807) is 12.1 Å². The van der Waals surface area contributed by atoms with Gasteiger partial charge in [0.1, 0.15) is 0 Å². The molecule has 5 nitrogen and oxygen atoms in total. The third-order valence-electron chi connectivity index (χ3n) is 4.55. The monoisotopic (exact) mass is 323 g/mol. The van der Waals surface area contributed by atoms with Gasteiger partial charge in [0.25, 0.3) is 0 Å².